The second-order valence-corrected chi connectivity index (χ2v) is 4.14. The first-order chi connectivity index (χ1) is 8.19. The maximum absolute atomic E-state index is 6.06. The predicted octanol–water partition coefficient (Wildman–Crippen LogP) is 2.90. The zero-order valence-corrected chi connectivity index (χ0v) is 11.0. The van der Waals surface area contributed by atoms with Gasteiger partial charge in [-0.05, 0) is 26.3 Å². The van der Waals surface area contributed by atoms with Crippen molar-refractivity contribution in [2.45, 2.75) is 39.3 Å². The standard InChI is InChI=1S/C14H23NO2/c1-4-13(15)12-8-6-7-9-14(12)17-11(3)10-16-5-2/h6-9,11,13H,4-5,10,15H2,1-3H3. The second-order valence-electron chi connectivity index (χ2n) is 4.14. The topological polar surface area (TPSA) is 44.5 Å². The Bertz CT molecular complexity index is 328. The van der Waals surface area contributed by atoms with Crippen LogP contribution in [0.15, 0.2) is 24.3 Å². The molecule has 0 aliphatic heterocycles. The van der Waals surface area contributed by atoms with Crippen molar-refractivity contribution in [1.82, 2.24) is 0 Å². The molecule has 0 radical (unpaired) electrons. The van der Waals surface area contributed by atoms with Gasteiger partial charge in [0.2, 0.25) is 0 Å². The van der Waals surface area contributed by atoms with Gasteiger partial charge in [-0.25, -0.2) is 0 Å². The summed E-state index contributed by atoms with van der Waals surface area (Å²) in [6, 6.07) is 7.98. The van der Waals surface area contributed by atoms with Gasteiger partial charge in [0, 0.05) is 18.2 Å². The van der Waals surface area contributed by atoms with Crippen molar-refractivity contribution in [3.05, 3.63) is 29.8 Å². The minimum Gasteiger partial charge on any atom is -0.488 e. The Morgan fingerprint density at radius 3 is 2.59 bits per heavy atom. The molecule has 3 heteroatoms. The normalized spacial score (nSPS) is 14.4. The lowest BCUT2D eigenvalue weighted by Crippen LogP contribution is -2.21. The van der Waals surface area contributed by atoms with E-state index in [1.807, 2.05) is 38.1 Å². The van der Waals surface area contributed by atoms with Crippen molar-refractivity contribution in [2.24, 2.45) is 5.73 Å². The van der Waals surface area contributed by atoms with Crippen molar-refractivity contribution >= 4 is 0 Å². The molecule has 2 atom stereocenters. The molecule has 0 aromatic heterocycles. The number of benzene rings is 1. The zero-order valence-electron chi connectivity index (χ0n) is 11.0. The van der Waals surface area contributed by atoms with Crippen molar-refractivity contribution < 1.29 is 9.47 Å². The van der Waals surface area contributed by atoms with E-state index in [1.165, 1.54) is 0 Å². The van der Waals surface area contributed by atoms with Gasteiger partial charge >= 0.3 is 0 Å². The van der Waals surface area contributed by atoms with E-state index in [-0.39, 0.29) is 12.1 Å². The summed E-state index contributed by atoms with van der Waals surface area (Å²) in [5.74, 6) is 0.869. The third-order valence-corrected chi connectivity index (χ3v) is 2.64. The van der Waals surface area contributed by atoms with E-state index in [1.54, 1.807) is 0 Å². The Hall–Kier alpha value is -1.06. The summed E-state index contributed by atoms with van der Waals surface area (Å²) in [4.78, 5) is 0. The fourth-order valence-corrected chi connectivity index (χ4v) is 1.65. The fraction of sp³-hybridized carbons (Fsp3) is 0.571. The Balaban J connectivity index is 2.69. The minimum absolute atomic E-state index is 0.0329. The molecule has 1 rings (SSSR count). The number of hydrogen-bond acceptors (Lipinski definition) is 3. The maximum Gasteiger partial charge on any atom is 0.124 e. The molecule has 0 amide bonds. The zero-order chi connectivity index (χ0) is 12.7. The van der Waals surface area contributed by atoms with Gasteiger partial charge in [0.05, 0.1) is 6.61 Å². The van der Waals surface area contributed by atoms with E-state index in [9.17, 15) is 0 Å². The molecule has 0 aliphatic carbocycles. The van der Waals surface area contributed by atoms with E-state index < -0.39 is 0 Å². The lowest BCUT2D eigenvalue weighted by Gasteiger charge is -2.19. The lowest BCUT2D eigenvalue weighted by atomic mass is 10.0. The lowest BCUT2D eigenvalue weighted by molar-refractivity contribution is 0.0650. The Morgan fingerprint density at radius 1 is 1.24 bits per heavy atom. The van der Waals surface area contributed by atoms with Crippen LogP contribution in [0.1, 0.15) is 38.8 Å². The molecule has 0 bridgehead atoms. The van der Waals surface area contributed by atoms with Gasteiger partial charge in [0.1, 0.15) is 11.9 Å². The first kappa shape index (κ1) is 14.0. The van der Waals surface area contributed by atoms with Crippen LogP contribution >= 0.6 is 0 Å². The van der Waals surface area contributed by atoms with Crippen LogP contribution in [0.25, 0.3) is 0 Å². The van der Waals surface area contributed by atoms with Crippen LogP contribution in [0.4, 0.5) is 0 Å². The average Bonchev–Trinajstić information content (AvgIpc) is 2.36. The summed E-state index contributed by atoms with van der Waals surface area (Å²) < 4.78 is 11.2. The fourth-order valence-electron chi connectivity index (χ4n) is 1.65. The first-order valence-electron chi connectivity index (χ1n) is 6.27. The van der Waals surface area contributed by atoms with E-state index in [4.69, 9.17) is 15.2 Å². The van der Waals surface area contributed by atoms with Gasteiger partial charge in [-0.3, -0.25) is 0 Å². The molecule has 17 heavy (non-hydrogen) atoms. The van der Waals surface area contributed by atoms with Crippen LogP contribution in [0.2, 0.25) is 0 Å². The smallest absolute Gasteiger partial charge is 0.124 e. The van der Waals surface area contributed by atoms with Gasteiger partial charge in [-0.15, -0.1) is 0 Å². The highest BCUT2D eigenvalue weighted by Crippen LogP contribution is 2.26. The summed E-state index contributed by atoms with van der Waals surface area (Å²) in [6.45, 7) is 7.37. The van der Waals surface area contributed by atoms with Crippen molar-refractivity contribution in [2.75, 3.05) is 13.2 Å². The molecule has 96 valence electrons. The molecular weight excluding hydrogens is 214 g/mol. The molecule has 0 saturated heterocycles. The van der Waals surface area contributed by atoms with Crippen molar-refractivity contribution in [1.29, 1.82) is 0 Å². The molecule has 1 aromatic carbocycles. The van der Waals surface area contributed by atoms with Gasteiger partial charge in [0.25, 0.3) is 0 Å². The van der Waals surface area contributed by atoms with E-state index >= 15 is 0 Å². The van der Waals surface area contributed by atoms with Crippen LogP contribution in [0.5, 0.6) is 5.75 Å². The minimum atomic E-state index is 0.0329. The SMILES string of the molecule is CCOCC(C)Oc1ccccc1C(N)CC. The summed E-state index contributed by atoms with van der Waals surface area (Å²) in [6.07, 6.45) is 0.945. The van der Waals surface area contributed by atoms with Crippen molar-refractivity contribution in [3.63, 3.8) is 0 Å². The van der Waals surface area contributed by atoms with Gasteiger partial charge < -0.3 is 15.2 Å². The van der Waals surface area contributed by atoms with Crippen LogP contribution in [-0.4, -0.2) is 19.3 Å². The number of para-hydroxylation sites is 1. The maximum atomic E-state index is 6.06. The third kappa shape index (κ3) is 4.36. The monoisotopic (exact) mass is 237 g/mol. The average molecular weight is 237 g/mol. The predicted molar refractivity (Wildman–Crippen MR) is 70.2 cm³/mol. The van der Waals surface area contributed by atoms with Crippen molar-refractivity contribution in [3.8, 4) is 5.75 Å². The molecule has 0 saturated carbocycles. The van der Waals surface area contributed by atoms with E-state index in [2.05, 4.69) is 6.92 Å². The third-order valence-electron chi connectivity index (χ3n) is 2.64. The summed E-state index contributed by atoms with van der Waals surface area (Å²) >= 11 is 0. The van der Waals surface area contributed by atoms with Gasteiger partial charge in [-0.2, -0.15) is 0 Å². The first-order valence-corrected chi connectivity index (χ1v) is 6.27. The Morgan fingerprint density at radius 2 is 1.94 bits per heavy atom. The summed E-state index contributed by atoms with van der Waals surface area (Å²) in [5, 5.41) is 0. The highest BCUT2D eigenvalue weighted by Gasteiger charge is 2.12. The highest BCUT2D eigenvalue weighted by molar-refractivity contribution is 5.35. The quantitative estimate of drug-likeness (QED) is 0.793. The second kappa shape index (κ2) is 7.30. The van der Waals surface area contributed by atoms with E-state index in [0.29, 0.717) is 13.2 Å². The number of hydrogen-bond donors (Lipinski definition) is 1. The molecule has 3 nitrogen and oxygen atoms in total. The molecule has 0 aliphatic rings. The Labute approximate surface area is 104 Å². The number of rotatable bonds is 7. The molecule has 0 fully saturated rings. The van der Waals surface area contributed by atoms with Crippen LogP contribution < -0.4 is 10.5 Å². The van der Waals surface area contributed by atoms with Gasteiger partial charge in [-0.1, -0.05) is 25.1 Å². The molecule has 2 N–H and O–H groups in total. The largest absolute Gasteiger partial charge is 0.488 e. The van der Waals surface area contributed by atoms with Crippen LogP contribution in [0.3, 0.4) is 0 Å². The molecule has 0 spiro atoms. The highest BCUT2D eigenvalue weighted by atomic mass is 16.5. The van der Waals surface area contributed by atoms with Crippen LogP contribution in [0, 0.1) is 0 Å². The molecule has 2 unspecified atom stereocenters. The van der Waals surface area contributed by atoms with Crippen LogP contribution in [-0.2, 0) is 4.74 Å². The summed E-state index contributed by atoms with van der Waals surface area (Å²) in [5.41, 5.74) is 7.13. The molecule has 1 aromatic rings. The summed E-state index contributed by atoms with van der Waals surface area (Å²) in [7, 11) is 0. The Kier molecular flexibility index (Phi) is 6.01. The molecular formula is C14H23NO2. The number of nitrogens with two attached hydrogens (primary N) is 1. The molecule has 0 heterocycles. The number of ether oxygens (including phenoxy) is 2. The van der Waals surface area contributed by atoms with E-state index in [0.717, 1.165) is 17.7 Å². The van der Waals surface area contributed by atoms with Gasteiger partial charge in [0.15, 0.2) is 0 Å².